The Balaban J connectivity index is 1.57. The molecule has 0 unspecified atom stereocenters. The van der Waals surface area contributed by atoms with Crippen LogP contribution in [0, 0.1) is 0 Å². The largest absolute Gasteiger partial charge is 0.439 e. The predicted molar refractivity (Wildman–Crippen MR) is 110 cm³/mol. The number of amides is 1. The fourth-order valence-corrected chi connectivity index (χ4v) is 3.28. The van der Waals surface area contributed by atoms with E-state index >= 15 is 0 Å². The highest BCUT2D eigenvalue weighted by atomic mass is 35.5. The fraction of sp³-hybridized carbons (Fsp3) is 0.200. The lowest BCUT2D eigenvalue weighted by molar-refractivity contribution is -0.117. The Morgan fingerprint density at radius 3 is 2.70 bits per heavy atom. The molecule has 1 heterocycles. The molecule has 27 heavy (non-hydrogen) atoms. The normalized spacial score (nSPS) is 11.0. The van der Waals surface area contributed by atoms with E-state index in [1.165, 1.54) is 0 Å². The summed E-state index contributed by atoms with van der Waals surface area (Å²) >= 11 is 7.51. The number of anilines is 1. The van der Waals surface area contributed by atoms with Crippen LogP contribution in [0.5, 0.6) is 0 Å². The van der Waals surface area contributed by atoms with Gasteiger partial charge in [0.25, 0.3) is 0 Å². The molecule has 0 radical (unpaired) electrons. The molecule has 1 N–H and O–H groups in total. The summed E-state index contributed by atoms with van der Waals surface area (Å²) in [5.74, 6) is 1.15. The number of oxazole rings is 1. The Hall–Kier alpha value is -2.28. The van der Waals surface area contributed by atoms with Crippen LogP contribution >= 0.6 is 23.4 Å². The topological polar surface area (TPSA) is 58.4 Å². The molecule has 0 fully saturated rings. The lowest BCUT2D eigenvalue weighted by Crippen LogP contribution is -2.30. The number of carbonyl (C=O) groups excluding carboxylic acids is 1. The predicted octanol–water partition coefficient (Wildman–Crippen LogP) is 4.79. The van der Waals surface area contributed by atoms with Gasteiger partial charge in [0.1, 0.15) is 0 Å². The SMILES string of the molecule is CSc1ccccc1NC(=O)CN(C)Cc1ncc(-c2ccc(Cl)cc2)o1. The van der Waals surface area contributed by atoms with Gasteiger partial charge in [-0.25, -0.2) is 4.98 Å². The van der Waals surface area contributed by atoms with Crippen LogP contribution in [0.1, 0.15) is 5.89 Å². The number of halogens is 1. The van der Waals surface area contributed by atoms with E-state index in [2.05, 4.69) is 10.3 Å². The molecule has 0 saturated heterocycles. The first-order valence-electron chi connectivity index (χ1n) is 8.37. The van der Waals surface area contributed by atoms with Gasteiger partial charge in [-0.1, -0.05) is 23.7 Å². The second kappa shape index (κ2) is 9.08. The molecule has 0 saturated carbocycles. The highest BCUT2D eigenvalue weighted by molar-refractivity contribution is 7.98. The van der Waals surface area contributed by atoms with Crippen LogP contribution < -0.4 is 5.32 Å². The van der Waals surface area contributed by atoms with Crippen LogP contribution in [-0.4, -0.2) is 35.6 Å². The van der Waals surface area contributed by atoms with E-state index in [4.69, 9.17) is 16.0 Å². The Morgan fingerprint density at radius 2 is 1.96 bits per heavy atom. The van der Waals surface area contributed by atoms with Crippen molar-refractivity contribution in [3.63, 3.8) is 0 Å². The lowest BCUT2D eigenvalue weighted by Gasteiger charge is -2.15. The van der Waals surface area contributed by atoms with Crippen LogP contribution in [0.2, 0.25) is 5.02 Å². The molecule has 1 amide bonds. The molecule has 0 aliphatic carbocycles. The van der Waals surface area contributed by atoms with Crippen LogP contribution in [0.25, 0.3) is 11.3 Å². The third-order valence-corrected chi connectivity index (χ3v) is 4.93. The average Bonchev–Trinajstić information content (AvgIpc) is 3.10. The van der Waals surface area contributed by atoms with E-state index < -0.39 is 0 Å². The molecular formula is C20H20ClN3O2S. The molecule has 7 heteroatoms. The number of benzene rings is 2. The smallest absolute Gasteiger partial charge is 0.238 e. The van der Waals surface area contributed by atoms with Gasteiger partial charge in [0.15, 0.2) is 5.76 Å². The molecule has 0 atom stereocenters. The highest BCUT2D eigenvalue weighted by Gasteiger charge is 2.13. The van der Waals surface area contributed by atoms with Gasteiger partial charge in [-0.2, -0.15) is 0 Å². The molecule has 0 aliphatic rings. The molecule has 2 aromatic carbocycles. The second-order valence-corrected chi connectivity index (χ2v) is 7.33. The maximum absolute atomic E-state index is 12.3. The minimum Gasteiger partial charge on any atom is -0.439 e. The summed E-state index contributed by atoms with van der Waals surface area (Å²) in [5.41, 5.74) is 1.73. The van der Waals surface area contributed by atoms with Crippen molar-refractivity contribution in [3.8, 4) is 11.3 Å². The number of likely N-dealkylation sites (N-methyl/N-ethyl adjacent to an activating group) is 1. The summed E-state index contributed by atoms with van der Waals surface area (Å²) < 4.78 is 5.79. The fourth-order valence-electron chi connectivity index (χ4n) is 2.60. The third kappa shape index (κ3) is 5.35. The van der Waals surface area contributed by atoms with Crippen molar-refractivity contribution in [2.75, 3.05) is 25.2 Å². The van der Waals surface area contributed by atoms with E-state index in [-0.39, 0.29) is 12.5 Å². The number of aromatic nitrogens is 1. The maximum Gasteiger partial charge on any atom is 0.238 e. The summed E-state index contributed by atoms with van der Waals surface area (Å²) in [4.78, 5) is 19.5. The third-order valence-electron chi connectivity index (χ3n) is 3.88. The first-order chi connectivity index (χ1) is 13.0. The van der Waals surface area contributed by atoms with Gasteiger partial charge < -0.3 is 9.73 Å². The standard InChI is InChI=1S/C20H20ClN3O2S/c1-24(12-19(25)23-16-5-3-4-6-18(16)27-2)13-20-22-11-17(26-20)14-7-9-15(21)10-8-14/h3-11H,12-13H2,1-2H3,(H,23,25). The number of nitrogens with zero attached hydrogens (tertiary/aromatic N) is 2. The molecule has 140 valence electrons. The van der Waals surface area contributed by atoms with Crippen LogP contribution in [-0.2, 0) is 11.3 Å². The number of rotatable bonds is 7. The quantitative estimate of drug-likeness (QED) is 0.577. The van der Waals surface area contributed by atoms with Gasteiger partial charge >= 0.3 is 0 Å². The summed E-state index contributed by atoms with van der Waals surface area (Å²) in [7, 11) is 1.85. The lowest BCUT2D eigenvalue weighted by atomic mass is 10.2. The van der Waals surface area contributed by atoms with E-state index in [1.807, 2.05) is 66.7 Å². The zero-order valence-corrected chi connectivity index (χ0v) is 16.7. The summed E-state index contributed by atoms with van der Waals surface area (Å²) in [6, 6.07) is 15.1. The van der Waals surface area contributed by atoms with Crippen molar-refractivity contribution in [1.82, 2.24) is 9.88 Å². The molecular weight excluding hydrogens is 382 g/mol. The maximum atomic E-state index is 12.3. The summed E-state index contributed by atoms with van der Waals surface area (Å²) in [6.07, 6.45) is 3.67. The van der Waals surface area contributed by atoms with Gasteiger partial charge in [-0.3, -0.25) is 9.69 Å². The number of para-hydroxylation sites is 1. The number of hydrogen-bond donors (Lipinski definition) is 1. The van der Waals surface area contributed by atoms with Crippen molar-refractivity contribution < 1.29 is 9.21 Å². The first kappa shape index (κ1) is 19.5. The molecule has 0 aliphatic heterocycles. The molecule has 0 spiro atoms. The van der Waals surface area contributed by atoms with Crippen molar-refractivity contribution in [1.29, 1.82) is 0 Å². The number of nitrogens with one attached hydrogen (secondary N) is 1. The molecule has 0 bridgehead atoms. The highest BCUT2D eigenvalue weighted by Crippen LogP contribution is 2.25. The van der Waals surface area contributed by atoms with E-state index in [0.29, 0.717) is 23.2 Å². The molecule has 1 aromatic heterocycles. The summed E-state index contributed by atoms with van der Waals surface area (Å²) in [5, 5.41) is 3.62. The Morgan fingerprint density at radius 1 is 1.22 bits per heavy atom. The van der Waals surface area contributed by atoms with Gasteiger partial charge in [0.2, 0.25) is 11.8 Å². The van der Waals surface area contributed by atoms with Gasteiger partial charge in [0, 0.05) is 15.5 Å². The number of hydrogen-bond acceptors (Lipinski definition) is 5. The molecule has 5 nitrogen and oxygen atoms in total. The van der Waals surface area contributed by atoms with Crippen molar-refractivity contribution in [2.24, 2.45) is 0 Å². The Kier molecular flexibility index (Phi) is 6.55. The Bertz CT molecular complexity index is 912. The van der Waals surface area contributed by atoms with E-state index in [0.717, 1.165) is 16.1 Å². The van der Waals surface area contributed by atoms with Crippen molar-refractivity contribution >= 4 is 35.0 Å². The van der Waals surface area contributed by atoms with Gasteiger partial charge in [0.05, 0.1) is 25.0 Å². The zero-order chi connectivity index (χ0) is 19.2. The first-order valence-corrected chi connectivity index (χ1v) is 9.97. The monoisotopic (exact) mass is 401 g/mol. The van der Waals surface area contributed by atoms with Crippen LogP contribution in [0.3, 0.4) is 0 Å². The average molecular weight is 402 g/mol. The zero-order valence-electron chi connectivity index (χ0n) is 15.1. The van der Waals surface area contributed by atoms with Crippen molar-refractivity contribution in [3.05, 3.63) is 65.6 Å². The molecule has 3 rings (SSSR count). The van der Waals surface area contributed by atoms with Gasteiger partial charge in [-0.15, -0.1) is 11.8 Å². The van der Waals surface area contributed by atoms with Crippen LogP contribution in [0.15, 0.2) is 64.0 Å². The summed E-state index contributed by atoms with van der Waals surface area (Å²) in [6.45, 7) is 0.673. The molecule has 3 aromatic rings. The minimum absolute atomic E-state index is 0.0801. The Labute approximate surface area is 167 Å². The van der Waals surface area contributed by atoms with E-state index in [1.54, 1.807) is 18.0 Å². The van der Waals surface area contributed by atoms with Gasteiger partial charge in [-0.05, 0) is 49.7 Å². The second-order valence-electron chi connectivity index (χ2n) is 6.05. The minimum atomic E-state index is -0.0801. The van der Waals surface area contributed by atoms with Crippen LogP contribution in [0.4, 0.5) is 5.69 Å². The van der Waals surface area contributed by atoms with Crippen molar-refractivity contribution in [2.45, 2.75) is 11.4 Å². The number of thioether (sulfide) groups is 1. The van der Waals surface area contributed by atoms with E-state index in [9.17, 15) is 4.79 Å². The number of carbonyl (C=O) groups is 1.